The van der Waals surface area contributed by atoms with E-state index in [9.17, 15) is 19.1 Å². The molecule has 7 nitrogen and oxygen atoms in total. The van der Waals surface area contributed by atoms with Gasteiger partial charge in [0.15, 0.2) is 0 Å². The van der Waals surface area contributed by atoms with Crippen molar-refractivity contribution in [3.63, 3.8) is 0 Å². The minimum atomic E-state index is -4.93. The zero-order valence-corrected chi connectivity index (χ0v) is 11.7. The van der Waals surface area contributed by atoms with Crippen molar-refractivity contribution in [3.05, 3.63) is 12.2 Å². The second-order valence-corrected chi connectivity index (χ2v) is 3.96. The van der Waals surface area contributed by atoms with Crippen LogP contribution in [0.2, 0.25) is 0 Å². The molecule has 0 fully saturated rings. The maximum Gasteiger partial charge on any atom is 1.00 e. The normalized spacial score (nSPS) is 9.94. The van der Waals surface area contributed by atoms with E-state index >= 15 is 0 Å². The number of rotatable bonds is 8. The zero-order valence-electron chi connectivity index (χ0n) is 10.8. The number of phosphoric ester groups is 1. The fraction of sp³-hybridized carbons (Fsp3) is 0.625. The van der Waals surface area contributed by atoms with E-state index in [1.807, 2.05) is 0 Å². The van der Waals surface area contributed by atoms with E-state index in [0.717, 1.165) is 0 Å². The predicted octanol–water partition coefficient (Wildman–Crippen LogP) is -7.02. The molecule has 0 aromatic rings. The zero-order chi connectivity index (χ0) is 12.6. The van der Waals surface area contributed by atoms with Crippen LogP contribution in [0.1, 0.15) is 6.92 Å². The van der Waals surface area contributed by atoms with Crippen LogP contribution >= 0.6 is 7.82 Å². The van der Waals surface area contributed by atoms with Gasteiger partial charge in [0.2, 0.25) is 0 Å². The average Bonchev–Trinajstić information content (AvgIpc) is 2.14. The Labute approximate surface area is 130 Å². The molecule has 0 aliphatic rings. The number of hydrogen-bond donors (Lipinski definition) is 0. The number of phosphoric acid groups is 1. The minimum Gasteiger partial charge on any atom is -0.790 e. The van der Waals surface area contributed by atoms with Gasteiger partial charge in [0.1, 0.15) is 6.61 Å². The summed E-state index contributed by atoms with van der Waals surface area (Å²) in [5, 5.41) is 0. The van der Waals surface area contributed by atoms with Crippen LogP contribution in [-0.4, -0.2) is 32.4 Å². The van der Waals surface area contributed by atoms with Gasteiger partial charge in [-0.1, -0.05) is 6.58 Å². The SMILES string of the molecule is C=C(C)C(=O)OCCOCCOP(=O)([O-])[O-].[Li+].[Li+]. The van der Waals surface area contributed by atoms with E-state index in [2.05, 4.69) is 15.8 Å². The summed E-state index contributed by atoms with van der Waals surface area (Å²) in [4.78, 5) is 30.8. The third-order valence-corrected chi connectivity index (χ3v) is 1.79. The van der Waals surface area contributed by atoms with Crippen molar-refractivity contribution in [2.24, 2.45) is 0 Å². The summed E-state index contributed by atoms with van der Waals surface area (Å²) in [6.45, 7) is 4.58. The van der Waals surface area contributed by atoms with Crippen LogP contribution in [0.15, 0.2) is 12.2 Å². The van der Waals surface area contributed by atoms with Gasteiger partial charge in [-0.3, -0.25) is 0 Å². The fourth-order valence-electron chi connectivity index (χ4n) is 0.627. The second-order valence-electron chi connectivity index (χ2n) is 2.81. The van der Waals surface area contributed by atoms with Crippen LogP contribution in [-0.2, 0) is 23.4 Å². The molecular weight excluding hydrogens is 253 g/mol. The average molecular weight is 266 g/mol. The molecule has 0 unspecified atom stereocenters. The number of hydrogen-bond acceptors (Lipinski definition) is 7. The van der Waals surface area contributed by atoms with Gasteiger partial charge in [-0.2, -0.15) is 0 Å². The Balaban J connectivity index is -0.00000112. The largest absolute Gasteiger partial charge is 1.00 e. The first-order valence-corrected chi connectivity index (χ1v) is 5.86. The molecule has 0 aromatic carbocycles. The van der Waals surface area contributed by atoms with Crippen molar-refractivity contribution in [3.8, 4) is 0 Å². The van der Waals surface area contributed by atoms with Gasteiger partial charge in [0.25, 0.3) is 0 Å². The molecule has 0 radical (unpaired) electrons. The Morgan fingerprint density at radius 1 is 1.17 bits per heavy atom. The quantitative estimate of drug-likeness (QED) is 0.141. The van der Waals surface area contributed by atoms with Crippen molar-refractivity contribution >= 4 is 13.8 Å². The molecule has 94 valence electrons. The molecule has 0 aliphatic heterocycles. The molecule has 0 saturated heterocycles. The molecule has 0 bridgehead atoms. The Morgan fingerprint density at radius 2 is 1.67 bits per heavy atom. The van der Waals surface area contributed by atoms with Crippen LogP contribution in [0.5, 0.6) is 0 Å². The van der Waals surface area contributed by atoms with Crippen molar-refractivity contribution in [1.29, 1.82) is 0 Å². The molecule has 0 heterocycles. The van der Waals surface area contributed by atoms with Crippen molar-refractivity contribution < 1.29 is 70.9 Å². The van der Waals surface area contributed by atoms with Gasteiger partial charge in [-0.05, 0) is 6.92 Å². The van der Waals surface area contributed by atoms with Gasteiger partial charge in [-0.15, -0.1) is 0 Å². The molecule has 0 aliphatic carbocycles. The first kappa shape index (κ1) is 23.6. The summed E-state index contributed by atoms with van der Waals surface area (Å²) < 4.78 is 23.4. The molecule has 10 heteroatoms. The summed E-state index contributed by atoms with van der Waals surface area (Å²) >= 11 is 0. The number of ether oxygens (including phenoxy) is 2. The van der Waals surface area contributed by atoms with Gasteiger partial charge in [0, 0.05) is 5.57 Å². The van der Waals surface area contributed by atoms with Crippen molar-refractivity contribution in [2.75, 3.05) is 26.4 Å². The Bertz CT molecular complexity index is 291. The van der Waals surface area contributed by atoms with E-state index in [-0.39, 0.29) is 69.7 Å². The minimum absolute atomic E-state index is 0. The first-order valence-electron chi connectivity index (χ1n) is 4.40. The number of carbonyl (C=O) groups is 1. The number of esters is 1. The monoisotopic (exact) mass is 266 g/mol. The van der Waals surface area contributed by atoms with E-state index in [1.54, 1.807) is 0 Å². The van der Waals surface area contributed by atoms with Crippen LogP contribution in [0.4, 0.5) is 0 Å². The summed E-state index contributed by atoms with van der Waals surface area (Å²) in [7, 11) is -4.93. The molecule has 0 rings (SSSR count). The standard InChI is InChI=1S/C8H15O7P.2Li/c1-7(2)8(9)14-5-3-13-4-6-15-16(10,11)12;;/h1,3-6H2,2H3,(H2,10,11,12);;/q;2*+1/p-2. The summed E-state index contributed by atoms with van der Waals surface area (Å²) in [6.07, 6.45) is 0. The smallest absolute Gasteiger partial charge is 0.790 e. The molecule has 0 N–H and O–H groups in total. The van der Waals surface area contributed by atoms with Gasteiger partial charge in [-0.25, -0.2) is 4.79 Å². The van der Waals surface area contributed by atoms with E-state index in [4.69, 9.17) is 4.74 Å². The third kappa shape index (κ3) is 16.5. The van der Waals surface area contributed by atoms with E-state index in [0.29, 0.717) is 0 Å². The van der Waals surface area contributed by atoms with Gasteiger partial charge in [0.05, 0.1) is 27.6 Å². The maximum absolute atomic E-state index is 10.8. The summed E-state index contributed by atoms with van der Waals surface area (Å²) in [5.41, 5.74) is 0.280. The summed E-state index contributed by atoms with van der Waals surface area (Å²) in [6, 6.07) is 0. The topological polar surface area (TPSA) is 108 Å². The first-order chi connectivity index (χ1) is 7.33. The third-order valence-electron chi connectivity index (χ3n) is 1.29. The van der Waals surface area contributed by atoms with Crippen molar-refractivity contribution in [2.45, 2.75) is 6.92 Å². The van der Waals surface area contributed by atoms with Crippen LogP contribution in [0.25, 0.3) is 0 Å². The van der Waals surface area contributed by atoms with E-state index < -0.39 is 13.8 Å². The van der Waals surface area contributed by atoms with Gasteiger partial charge >= 0.3 is 43.7 Å². The summed E-state index contributed by atoms with van der Waals surface area (Å²) in [5.74, 6) is -0.525. The maximum atomic E-state index is 10.8. The number of carbonyl (C=O) groups excluding carboxylic acids is 1. The van der Waals surface area contributed by atoms with Crippen LogP contribution < -0.4 is 47.5 Å². The molecular formula is C8H13Li2O7P. The molecule has 0 spiro atoms. The van der Waals surface area contributed by atoms with E-state index in [1.165, 1.54) is 6.92 Å². The molecule has 0 saturated carbocycles. The Kier molecular flexibility index (Phi) is 16.4. The predicted molar refractivity (Wildman–Crippen MR) is 50.2 cm³/mol. The Morgan fingerprint density at radius 3 is 2.11 bits per heavy atom. The molecule has 18 heavy (non-hydrogen) atoms. The van der Waals surface area contributed by atoms with Crippen LogP contribution in [0.3, 0.4) is 0 Å². The van der Waals surface area contributed by atoms with Crippen molar-refractivity contribution in [1.82, 2.24) is 0 Å². The molecule has 0 atom stereocenters. The Hall–Kier alpha value is 0.475. The second kappa shape index (κ2) is 12.5. The molecule has 0 amide bonds. The van der Waals surface area contributed by atoms with Crippen LogP contribution in [0, 0.1) is 0 Å². The fourth-order valence-corrected chi connectivity index (χ4v) is 0.925. The van der Waals surface area contributed by atoms with Gasteiger partial charge < -0.3 is 28.3 Å². The molecule has 0 aromatic heterocycles.